The van der Waals surface area contributed by atoms with Gasteiger partial charge >= 0.3 is 0 Å². The second-order valence-corrected chi connectivity index (χ2v) is 6.54. The number of amides is 1. The van der Waals surface area contributed by atoms with E-state index in [2.05, 4.69) is 35.1 Å². The maximum Gasteiger partial charge on any atom is 0.228 e. The summed E-state index contributed by atoms with van der Waals surface area (Å²) in [7, 11) is 0. The molecular formula is C15H22BrClN2O2. The van der Waals surface area contributed by atoms with Crippen molar-refractivity contribution in [2.45, 2.75) is 27.2 Å². The van der Waals surface area contributed by atoms with E-state index in [-0.39, 0.29) is 11.8 Å². The van der Waals surface area contributed by atoms with Gasteiger partial charge in [-0.05, 0) is 47.3 Å². The van der Waals surface area contributed by atoms with E-state index in [1.807, 2.05) is 6.92 Å². The van der Waals surface area contributed by atoms with Crippen LogP contribution >= 0.6 is 27.5 Å². The third-order valence-electron chi connectivity index (χ3n) is 2.97. The summed E-state index contributed by atoms with van der Waals surface area (Å²) in [5, 5.41) is 3.40. The average molecular weight is 378 g/mol. The van der Waals surface area contributed by atoms with E-state index in [0.717, 1.165) is 6.42 Å². The van der Waals surface area contributed by atoms with Gasteiger partial charge in [-0.25, -0.2) is 0 Å². The van der Waals surface area contributed by atoms with E-state index in [9.17, 15) is 4.79 Å². The molecule has 6 heteroatoms. The molecule has 1 aromatic carbocycles. The van der Waals surface area contributed by atoms with Crippen LogP contribution in [0.15, 0.2) is 16.6 Å². The van der Waals surface area contributed by atoms with E-state index in [1.54, 1.807) is 12.1 Å². The van der Waals surface area contributed by atoms with Crippen LogP contribution in [-0.4, -0.2) is 19.1 Å². The Morgan fingerprint density at radius 2 is 2.14 bits per heavy atom. The van der Waals surface area contributed by atoms with E-state index < -0.39 is 0 Å². The monoisotopic (exact) mass is 376 g/mol. The topological polar surface area (TPSA) is 64.3 Å². The van der Waals surface area contributed by atoms with Crippen molar-refractivity contribution in [1.29, 1.82) is 0 Å². The maximum absolute atomic E-state index is 12.4. The summed E-state index contributed by atoms with van der Waals surface area (Å²) < 4.78 is 6.28. The summed E-state index contributed by atoms with van der Waals surface area (Å²) in [6, 6.07) is 3.41. The van der Waals surface area contributed by atoms with Crippen molar-refractivity contribution in [2.75, 3.05) is 18.5 Å². The van der Waals surface area contributed by atoms with Crippen LogP contribution in [-0.2, 0) is 4.79 Å². The number of hydrogen-bond donors (Lipinski definition) is 2. The van der Waals surface area contributed by atoms with E-state index in [1.165, 1.54) is 0 Å². The SMILES string of the molecule is CCOc1c(Br)cc(Cl)cc1NC(=O)C(CN)CC(C)C. The zero-order chi connectivity index (χ0) is 16.0. The van der Waals surface area contributed by atoms with Crippen molar-refractivity contribution in [1.82, 2.24) is 0 Å². The molecule has 0 aliphatic carbocycles. The molecule has 0 bridgehead atoms. The first-order valence-corrected chi connectivity index (χ1v) is 8.18. The molecule has 118 valence electrons. The van der Waals surface area contributed by atoms with Crippen molar-refractivity contribution < 1.29 is 9.53 Å². The quantitative estimate of drug-likeness (QED) is 0.753. The smallest absolute Gasteiger partial charge is 0.228 e. The van der Waals surface area contributed by atoms with Gasteiger partial charge in [0.05, 0.1) is 22.7 Å². The van der Waals surface area contributed by atoms with Gasteiger partial charge in [-0.1, -0.05) is 25.4 Å². The molecule has 0 saturated heterocycles. The molecule has 0 aliphatic rings. The molecule has 0 saturated carbocycles. The Morgan fingerprint density at radius 1 is 1.48 bits per heavy atom. The number of nitrogens with two attached hydrogens (primary N) is 1. The third kappa shape index (κ3) is 5.49. The standard InChI is InChI=1S/C15H22BrClN2O2/c1-4-21-14-12(16)6-11(17)7-13(14)19-15(20)10(8-18)5-9(2)3/h6-7,9-10H,4-5,8,18H2,1-3H3,(H,19,20). The largest absolute Gasteiger partial charge is 0.491 e. The number of benzene rings is 1. The summed E-state index contributed by atoms with van der Waals surface area (Å²) in [4.78, 5) is 12.4. The highest BCUT2D eigenvalue weighted by Crippen LogP contribution is 2.37. The van der Waals surface area contributed by atoms with Gasteiger partial charge in [0.2, 0.25) is 5.91 Å². The second kappa shape index (κ2) is 8.61. The van der Waals surface area contributed by atoms with Gasteiger partial charge in [-0.2, -0.15) is 0 Å². The first kappa shape index (κ1) is 18.3. The zero-order valence-corrected chi connectivity index (χ0v) is 14.9. The average Bonchev–Trinajstić information content (AvgIpc) is 2.39. The number of anilines is 1. The molecule has 4 nitrogen and oxygen atoms in total. The molecule has 0 aliphatic heterocycles. The number of carbonyl (C=O) groups excluding carboxylic acids is 1. The number of carbonyl (C=O) groups is 1. The van der Waals surface area contributed by atoms with Gasteiger partial charge in [0.15, 0.2) is 5.75 Å². The van der Waals surface area contributed by atoms with Gasteiger partial charge in [0, 0.05) is 11.6 Å². The van der Waals surface area contributed by atoms with Crippen LogP contribution in [0, 0.1) is 11.8 Å². The Labute approximate surface area is 139 Å². The van der Waals surface area contributed by atoms with Gasteiger partial charge in [-0.3, -0.25) is 4.79 Å². The Balaban J connectivity index is 2.97. The number of nitrogens with one attached hydrogen (secondary N) is 1. The Kier molecular flexibility index (Phi) is 7.49. The van der Waals surface area contributed by atoms with Crippen molar-refractivity contribution >= 4 is 39.1 Å². The summed E-state index contributed by atoms with van der Waals surface area (Å²) in [5.74, 6) is 0.649. The van der Waals surface area contributed by atoms with Gasteiger partial charge in [0.25, 0.3) is 0 Å². The molecule has 0 aromatic heterocycles. The number of ether oxygens (including phenoxy) is 1. The molecule has 1 aromatic rings. The van der Waals surface area contributed by atoms with Crippen LogP contribution in [0.5, 0.6) is 5.75 Å². The molecule has 1 amide bonds. The first-order chi connectivity index (χ1) is 9.88. The highest BCUT2D eigenvalue weighted by Gasteiger charge is 2.20. The van der Waals surface area contributed by atoms with Crippen LogP contribution in [0.3, 0.4) is 0 Å². The molecule has 1 rings (SSSR count). The number of rotatable bonds is 7. The third-order valence-corrected chi connectivity index (χ3v) is 3.77. The predicted molar refractivity (Wildman–Crippen MR) is 91.0 cm³/mol. The van der Waals surface area contributed by atoms with E-state index in [4.69, 9.17) is 22.1 Å². The van der Waals surface area contributed by atoms with E-state index in [0.29, 0.717) is 40.0 Å². The number of halogens is 2. The molecule has 1 unspecified atom stereocenters. The lowest BCUT2D eigenvalue weighted by Crippen LogP contribution is -2.30. The summed E-state index contributed by atoms with van der Waals surface area (Å²) >= 11 is 9.44. The van der Waals surface area contributed by atoms with Crippen molar-refractivity contribution in [3.63, 3.8) is 0 Å². The van der Waals surface area contributed by atoms with Gasteiger partial charge in [0.1, 0.15) is 0 Å². The fraction of sp³-hybridized carbons (Fsp3) is 0.533. The highest BCUT2D eigenvalue weighted by atomic mass is 79.9. The predicted octanol–water partition coefficient (Wildman–Crippen LogP) is 4.06. The van der Waals surface area contributed by atoms with Crippen molar-refractivity contribution in [2.24, 2.45) is 17.6 Å². The molecule has 3 N–H and O–H groups in total. The van der Waals surface area contributed by atoms with Crippen LogP contribution in [0.1, 0.15) is 27.2 Å². The molecule has 0 spiro atoms. The molecular weight excluding hydrogens is 356 g/mol. The molecule has 0 heterocycles. The molecule has 1 atom stereocenters. The molecule has 0 radical (unpaired) electrons. The lowest BCUT2D eigenvalue weighted by Gasteiger charge is -2.19. The Morgan fingerprint density at radius 3 is 2.67 bits per heavy atom. The minimum Gasteiger partial charge on any atom is -0.491 e. The minimum absolute atomic E-state index is 0.110. The zero-order valence-electron chi connectivity index (χ0n) is 12.6. The van der Waals surface area contributed by atoms with Crippen molar-refractivity contribution in [3.8, 4) is 5.75 Å². The highest BCUT2D eigenvalue weighted by molar-refractivity contribution is 9.10. The molecule has 0 fully saturated rings. The lowest BCUT2D eigenvalue weighted by molar-refractivity contribution is -0.120. The Bertz CT molecular complexity index is 495. The van der Waals surface area contributed by atoms with Crippen LogP contribution < -0.4 is 15.8 Å². The van der Waals surface area contributed by atoms with E-state index >= 15 is 0 Å². The van der Waals surface area contributed by atoms with Crippen LogP contribution in [0.2, 0.25) is 5.02 Å². The summed E-state index contributed by atoms with van der Waals surface area (Å²) in [5.41, 5.74) is 6.26. The lowest BCUT2D eigenvalue weighted by atomic mass is 9.96. The van der Waals surface area contributed by atoms with Crippen LogP contribution in [0.4, 0.5) is 5.69 Å². The summed E-state index contributed by atoms with van der Waals surface area (Å²) in [6.45, 7) is 6.83. The second-order valence-electron chi connectivity index (χ2n) is 5.25. The van der Waals surface area contributed by atoms with Gasteiger partial charge < -0.3 is 15.8 Å². The minimum atomic E-state index is -0.225. The van der Waals surface area contributed by atoms with Crippen LogP contribution in [0.25, 0.3) is 0 Å². The van der Waals surface area contributed by atoms with Gasteiger partial charge in [-0.15, -0.1) is 0 Å². The fourth-order valence-electron chi connectivity index (χ4n) is 2.06. The fourth-order valence-corrected chi connectivity index (χ4v) is 2.98. The Hall–Kier alpha value is -0.780. The molecule has 21 heavy (non-hydrogen) atoms. The summed E-state index contributed by atoms with van der Waals surface area (Å²) in [6.07, 6.45) is 0.744. The van der Waals surface area contributed by atoms with Crippen molar-refractivity contribution in [3.05, 3.63) is 21.6 Å². The normalized spacial score (nSPS) is 12.3. The number of hydrogen-bond acceptors (Lipinski definition) is 3. The first-order valence-electron chi connectivity index (χ1n) is 7.01. The maximum atomic E-state index is 12.4.